The molecule has 2 aromatic carbocycles. The Morgan fingerprint density at radius 3 is 2.56 bits per heavy atom. The van der Waals surface area contributed by atoms with Crippen LogP contribution in [0.25, 0.3) is 10.9 Å². The first-order chi connectivity index (χ1) is 12.3. The molecule has 1 aromatic heterocycles. The van der Waals surface area contributed by atoms with Gasteiger partial charge >= 0.3 is 0 Å². The van der Waals surface area contributed by atoms with Crippen LogP contribution in [0.15, 0.2) is 54.7 Å². The number of aromatic nitrogens is 1. The van der Waals surface area contributed by atoms with Crippen molar-refractivity contribution in [1.82, 2.24) is 4.98 Å². The summed E-state index contributed by atoms with van der Waals surface area (Å²) in [7, 11) is 0. The van der Waals surface area contributed by atoms with Gasteiger partial charge in [-0.3, -0.25) is 9.78 Å². The quantitative estimate of drug-likeness (QED) is 0.654. The lowest BCUT2D eigenvalue weighted by Gasteiger charge is -2.23. The predicted octanol–water partition coefficient (Wildman–Crippen LogP) is 4.63. The van der Waals surface area contributed by atoms with Gasteiger partial charge in [0.05, 0.1) is 16.8 Å². The molecular weight excluding hydrogens is 308 g/mol. The molecule has 0 amide bonds. The van der Waals surface area contributed by atoms with Crippen LogP contribution in [-0.4, -0.2) is 23.9 Å². The molecule has 3 nitrogen and oxygen atoms in total. The smallest absolute Gasteiger partial charge is 0.196 e. The molecule has 0 spiro atoms. The topological polar surface area (TPSA) is 33.2 Å². The molecule has 0 radical (unpaired) electrons. The van der Waals surface area contributed by atoms with Crippen molar-refractivity contribution in [3.63, 3.8) is 0 Å². The third-order valence-electron chi connectivity index (χ3n) is 5.02. The Kier molecular flexibility index (Phi) is 4.22. The molecule has 3 aromatic rings. The molecule has 1 fully saturated rings. The summed E-state index contributed by atoms with van der Waals surface area (Å²) in [4.78, 5) is 20.1. The number of carbonyl (C=O) groups is 1. The van der Waals surface area contributed by atoms with E-state index in [2.05, 4.69) is 35.0 Å². The molecule has 0 bridgehead atoms. The molecule has 1 aliphatic rings. The van der Waals surface area contributed by atoms with Crippen molar-refractivity contribution in [3.8, 4) is 0 Å². The Morgan fingerprint density at radius 1 is 1.08 bits per heavy atom. The normalized spacial score (nSPS) is 14.2. The summed E-state index contributed by atoms with van der Waals surface area (Å²) in [5.74, 6) is 0.0544. The number of hydrogen-bond acceptors (Lipinski definition) is 3. The molecule has 1 saturated heterocycles. The number of pyridine rings is 1. The van der Waals surface area contributed by atoms with Gasteiger partial charge in [0.1, 0.15) is 0 Å². The minimum atomic E-state index is 0.0544. The van der Waals surface area contributed by atoms with E-state index in [1.165, 1.54) is 18.4 Å². The summed E-state index contributed by atoms with van der Waals surface area (Å²) in [6.07, 6.45) is 5.09. The van der Waals surface area contributed by atoms with E-state index in [1.54, 1.807) is 6.20 Å². The number of nitrogens with zero attached hydrogens (tertiary/aromatic N) is 2. The molecule has 1 aliphatic heterocycles. The average molecular weight is 330 g/mol. The van der Waals surface area contributed by atoms with E-state index >= 15 is 0 Å². The maximum atomic E-state index is 13.2. The summed E-state index contributed by atoms with van der Waals surface area (Å²) < 4.78 is 0. The van der Waals surface area contributed by atoms with Crippen molar-refractivity contribution in [3.05, 3.63) is 71.4 Å². The number of carbonyl (C=O) groups excluding carboxylic acids is 1. The second-order valence-electron chi connectivity index (χ2n) is 6.61. The molecule has 0 atom stereocenters. The lowest BCUT2D eigenvalue weighted by Crippen LogP contribution is -2.21. The molecule has 0 saturated carbocycles. The Hall–Kier alpha value is -2.68. The zero-order valence-electron chi connectivity index (χ0n) is 14.5. The number of rotatable bonds is 4. The summed E-state index contributed by atoms with van der Waals surface area (Å²) in [5, 5.41) is 1.10. The van der Waals surface area contributed by atoms with Crippen LogP contribution in [0.1, 0.15) is 41.3 Å². The highest BCUT2D eigenvalue weighted by molar-refractivity contribution is 6.16. The molecule has 4 rings (SSSR count). The lowest BCUT2D eigenvalue weighted by atomic mass is 9.98. The number of benzene rings is 2. The van der Waals surface area contributed by atoms with E-state index in [4.69, 9.17) is 0 Å². The maximum Gasteiger partial charge on any atom is 0.196 e. The van der Waals surface area contributed by atoms with Crippen molar-refractivity contribution in [1.29, 1.82) is 0 Å². The highest BCUT2D eigenvalue weighted by atomic mass is 16.1. The molecule has 0 N–H and O–H groups in total. The molecule has 25 heavy (non-hydrogen) atoms. The first-order valence-electron chi connectivity index (χ1n) is 9.04. The summed E-state index contributed by atoms with van der Waals surface area (Å²) in [5.41, 5.74) is 4.74. The maximum absolute atomic E-state index is 13.2. The van der Waals surface area contributed by atoms with E-state index in [0.717, 1.165) is 41.7 Å². The summed E-state index contributed by atoms with van der Waals surface area (Å²) in [6, 6.07) is 15.9. The van der Waals surface area contributed by atoms with Crippen molar-refractivity contribution in [2.75, 3.05) is 18.0 Å². The highest BCUT2D eigenvalue weighted by Gasteiger charge is 2.23. The van der Waals surface area contributed by atoms with Gasteiger partial charge in [-0.2, -0.15) is 0 Å². The fraction of sp³-hybridized carbons (Fsp3) is 0.273. The van der Waals surface area contributed by atoms with Crippen LogP contribution in [0, 0.1) is 0 Å². The monoisotopic (exact) mass is 330 g/mol. The number of anilines is 1. The van der Waals surface area contributed by atoms with Gasteiger partial charge in [0.2, 0.25) is 0 Å². The fourth-order valence-corrected chi connectivity index (χ4v) is 3.64. The van der Waals surface area contributed by atoms with Crippen LogP contribution in [0.3, 0.4) is 0 Å². The third-order valence-corrected chi connectivity index (χ3v) is 5.02. The van der Waals surface area contributed by atoms with Crippen molar-refractivity contribution >= 4 is 22.4 Å². The van der Waals surface area contributed by atoms with Crippen molar-refractivity contribution in [2.45, 2.75) is 26.2 Å². The Morgan fingerprint density at radius 2 is 1.84 bits per heavy atom. The number of ketones is 1. The highest BCUT2D eigenvalue weighted by Crippen LogP contribution is 2.34. The number of hydrogen-bond donors (Lipinski definition) is 0. The van der Waals surface area contributed by atoms with Crippen molar-refractivity contribution in [2.24, 2.45) is 0 Å². The van der Waals surface area contributed by atoms with Crippen molar-refractivity contribution < 1.29 is 4.79 Å². The zero-order chi connectivity index (χ0) is 17.2. The number of fused-ring (bicyclic) bond motifs is 1. The zero-order valence-corrected chi connectivity index (χ0v) is 14.5. The second kappa shape index (κ2) is 6.67. The van der Waals surface area contributed by atoms with Gasteiger partial charge < -0.3 is 4.90 Å². The van der Waals surface area contributed by atoms with Gasteiger partial charge in [-0.1, -0.05) is 43.3 Å². The molecular formula is C22H22N2O. The molecule has 0 aliphatic carbocycles. The molecule has 126 valence electrons. The van der Waals surface area contributed by atoms with Crippen LogP contribution in [0.4, 0.5) is 5.69 Å². The van der Waals surface area contributed by atoms with E-state index in [1.807, 2.05) is 30.3 Å². The SMILES string of the molecule is CCc1ccc2ncc(C(=O)c3ccccc3)c(N3CCCC3)c2c1. The van der Waals surface area contributed by atoms with Crippen LogP contribution >= 0.6 is 0 Å². The minimum absolute atomic E-state index is 0.0544. The molecule has 0 unspecified atom stereocenters. The first kappa shape index (κ1) is 15.8. The Labute approximate surface area is 148 Å². The average Bonchev–Trinajstić information content (AvgIpc) is 3.21. The van der Waals surface area contributed by atoms with Gasteiger partial charge in [-0.05, 0) is 37.0 Å². The van der Waals surface area contributed by atoms with Crippen LogP contribution < -0.4 is 4.90 Å². The first-order valence-corrected chi connectivity index (χ1v) is 9.04. The number of aryl methyl sites for hydroxylation is 1. The standard InChI is InChI=1S/C22H22N2O/c1-2-16-10-11-20-18(14-16)21(24-12-6-7-13-24)19(15-23-20)22(25)17-8-4-3-5-9-17/h3-5,8-11,14-15H,2,6-7,12-13H2,1H3. The lowest BCUT2D eigenvalue weighted by molar-refractivity contribution is 0.103. The van der Waals surface area contributed by atoms with Gasteiger partial charge in [-0.25, -0.2) is 0 Å². The Balaban J connectivity index is 1.93. The van der Waals surface area contributed by atoms with E-state index in [-0.39, 0.29) is 5.78 Å². The third kappa shape index (κ3) is 2.91. The van der Waals surface area contributed by atoms with Crippen LogP contribution in [-0.2, 0) is 6.42 Å². The van der Waals surface area contributed by atoms with Crippen LogP contribution in [0.2, 0.25) is 0 Å². The molecule has 2 heterocycles. The summed E-state index contributed by atoms with van der Waals surface area (Å²) in [6.45, 7) is 4.16. The van der Waals surface area contributed by atoms with Crippen LogP contribution in [0.5, 0.6) is 0 Å². The van der Waals surface area contributed by atoms with Gasteiger partial charge in [0, 0.05) is 30.2 Å². The predicted molar refractivity (Wildman–Crippen MR) is 102 cm³/mol. The Bertz CT molecular complexity index is 912. The van der Waals surface area contributed by atoms with Gasteiger partial charge in [0.15, 0.2) is 5.78 Å². The second-order valence-corrected chi connectivity index (χ2v) is 6.61. The van der Waals surface area contributed by atoms with E-state index < -0.39 is 0 Å². The largest absolute Gasteiger partial charge is 0.370 e. The summed E-state index contributed by atoms with van der Waals surface area (Å²) >= 11 is 0. The van der Waals surface area contributed by atoms with Gasteiger partial charge in [-0.15, -0.1) is 0 Å². The van der Waals surface area contributed by atoms with Gasteiger partial charge in [0.25, 0.3) is 0 Å². The fourth-order valence-electron chi connectivity index (χ4n) is 3.64. The van der Waals surface area contributed by atoms with E-state index in [0.29, 0.717) is 5.56 Å². The molecule has 3 heteroatoms. The minimum Gasteiger partial charge on any atom is -0.370 e. The van der Waals surface area contributed by atoms with E-state index in [9.17, 15) is 4.79 Å².